The number of aliphatic hydroxyl groups is 1. The summed E-state index contributed by atoms with van der Waals surface area (Å²) in [6.07, 6.45) is -5.50. The Bertz CT molecular complexity index is 204. The van der Waals surface area contributed by atoms with Crippen LogP contribution in [-0.2, 0) is 0 Å². The van der Waals surface area contributed by atoms with Crippen LogP contribution in [0.15, 0.2) is 0 Å². The van der Waals surface area contributed by atoms with Crippen molar-refractivity contribution >= 4 is 0 Å². The van der Waals surface area contributed by atoms with Crippen LogP contribution in [0.25, 0.3) is 0 Å². The lowest BCUT2D eigenvalue weighted by atomic mass is 9.99. The van der Waals surface area contributed by atoms with Crippen LogP contribution in [0.5, 0.6) is 0 Å². The number of alkyl halides is 3. The van der Waals surface area contributed by atoms with Crippen LogP contribution < -0.4 is 0 Å². The van der Waals surface area contributed by atoms with E-state index in [1.54, 1.807) is 0 Å². The van der Waals surface area contributed by atoms with E-state index >= 15 is 0 Å². The molecule has 0 spiro atoms. The highest BCUT2D eigenvalue weighted by atomic mass is 19.4. The van der Waals surface area contributed by atoms with Crippen molar-refractivity contribution in [2.75, 3.05) is 6.54 Å². The second-order valence-corrected chi connectivity index (χ2v) is 5.15. The van der Waals surface area contributed by atoms with Crippen molar-refractivity contribution < 1.29 is 18.3 Å². The molecule has 98 valence electrons. The van der Waals surface area contributed by atoms with Crippen LogP contribution in [0.1, 0.15) is 41.0 Å². The van der Waals surface area contributed by atoms with Crippen molar-refractivity contribution in [3.05, 3.63) is 0 Å². The minimum Gasteiger partial charge on any atom is -0.388 e. The van der Waals surface area contributed by atoms with Gasteiger partial charge in [0, 0.05) is 18.6 Å². The molecule has 0 saturated heterocycles. The Kier molecular flexibility index (Phi) is 5.26. The van der Waals surface area contributed by atoms with E-state index in [0.717, 1.165) is 0 Å². The highest BCUT2D eigenvalue weighted by Gasteiger charge is 2.39. The molecule has 0 aliphatic heterocycles. The van der Waals surface area contributed by atoms with Crippen LogP contribution in [0.3, 0.4) is 0 Å². The average molecular weight is 241 g/mol. The normalized spacial score (nSPS) is 17.2. The van der Waals surface area contributed by atoms with E-state index in [9.17, 15) is 18.3 Å². The van der Waals surface area contributed by atoms with Gasteiger partial charge < -0.3 is 5.11 Å². The summed E-state index contributed by atoms with van der Waals surface area (Å²) < 4.78 is 36.7. The van der Waals surface area contributed by atoms with Crippen LogP contribution >= 0.6 is 0 Å². The molecule has 0 saturated carbocycles. The average Bonchev–Trinajstić information content (AvgIpc) is 1.94. The molecule has 0 aromatic rings. The molecule has 0 aliphatic rings. The maximum absolute atomic E-state index is 12.2. The molecule has 0 aliphatic carbocycles. The standard InChI is InChI=1S/C11H22F3NO/c1-8(2)15(9(3)4)7-10(5,16)6-11(12,13)14/h8-9,16H,6-7H2,1-5H3. The maximum Gasteiger partial charge on any atom is 0.391 e. The molecule has 0 radical (unpaired) electrons. The van der Waals surface area contributed by atoms with Gasteiger partial charge in [0.25, 0.3) is 0 Å². The van der Waals surface area contributed by atoms with Gasteiger partial charge in [-0.3, -0.25) is 4.90 Å². The highest BCUT2D eigenvalue weighted by molar-refractivity contribution is 4.83. The van der Waals surface area contributed by atoms with E-state index in [4.69, 9.17) is 0 Å². The monoisotopic (exact) mass is 241 g/mol. The third kappa shape index (κ3) is 6.33. The topological polar surface area (TPSA) is 23.5 Å². The van der Waals surface area contributed by atoms with Crippen molar-refractivity contribution in [3.63, 3.8) is 0 Å². The summed E-state index contributed by atoms with van der Waals surface area (Å²) in [6.45, 7) is 8.89. The predicted octanol–water partition coefficient (Wildman–Crippen LogP) is 2.81. The molecule has 2 nitrogen and oxygen atoms in total. The lowest BCUT2D eigenvalue weighted by Crippen LogP contribution is -2.49. The largest absolute Gasteiger partial charge is 0.391 e. The summed E-state index contributed by atoms with van der Waals surface area (Å²) in [4.78, 5) is 1.85. The highest BCUT2D eigenvalue weighted by Crippen LogP contribution is 2.28. The van der Waals surface area contributed by atoms with Gasteiger partial charge in [-0.15, -0.1) is 0 Å². The van der Waals surface area contributed by atoms with E-state index in [-0.39, 0.29) is 18.6 Å². The fraction of sp³-hybridized carbons (Fsp3) is 1.00. The van der Waals surface area contributed by atoms with Gasteiger partial charge in [-0.2, -0.15) is 13.2 Å². The summed E-state index contributed by atoms with van der Waals surface area (Å²) in [7, 11) is 0. The lowest BCUT2D eigenvalue weighted by Gasteiger charge is -2.37. The third-order valence-electron chi connectivity index (χ3n) is 2.43. The summed E-state index contributed by atoms with van der Waals surface area (Å²) in [5.41, 5.74) is -1.73. The SMILES string of the molecule is CC(C)N(CC(C)(O)CC(F)(F)F)C(C)C. The molecule has 5 heteroatoms. The van der Waals surface area contributed by atoms with Crippen LogP contribution in [0.4, 0.5) is 13.2 Å². The van der Waals surface area contributed by atoms with Gasteiger partial charge in [0.15, 0.2) is 0 Å². The van der Waals surface area contributed by atoms with E-state index in [1.165, 1.54) is 6.92 Å². The van der Waals surface area contributed by atoms with Gasteiger partial charge in [0.1, 0.15) is 0 Å². The zero-order chi connectivity index (χ0) is 13.1. The second kappa shape index (κ2) is 5.36. The van der Waals surface area contributed by atoms with Crippen LogP contribution in [0, 0.1) is 0 Å². The first-order valence-corrected chi connectivity index (χ1v) is 5.49. The Balaban J connectivity index is 4.54. The molecule has 0 fully saturated rings. The zero-order valence-corrected chi connectivity index (χ0v) is 10.6. The van der Waals surface area contributed by atoms with Gasteiger partial charge in [-0.1, -0.05) is 0 Å². The smallest absolute Gasteiger partial charge is 0.388 e. The zero-order valence-electron chi connectivity index (χ0n) is 10.6. The lowest BCUT2D eigenvalue weighted by molar-refractivity contribution is -0.177. The fourth-order valence-corrected chi connectivity index (χ4v) is 1.84. The Morgan fingerprint density at radius 3 is 1.69 bits per heavy atom. The molecule has 16 heavy (non-hydrogen) atoms. The number of nitrogens with zero attached hydrogens (tertiary/aromatic N) is 1. The van der Waals surface area contributed by atoms with E-state index in [0.29, 0.717) is 0 Å². The summed E-state index contributed by atoms with van der Waals surface area (Å²) >= 11 is 0. The van der Waals surface area contributed by atoms with Gasteiger partial charge in [-0.05, 0) is 34.6 Å². The quantitative estimate of drug-likeness (QED) is 0.800. The second-order valence-electron chi connectivity index (χ2n) is 5.15. The minimum atomic E-state index is -4.33. The van der Waals surface area contributed by atoms with E-state index in [1.807, 2.05) is 32.6 Å². The number of hydrogen-bond acceptors (Lipinski definition) is 2. The summed E-state index contributed by atoms with van der Waals surface area (Å²) in [5.74, 6) is 0. The maximum atomic E-state index is 12.2. The van der Waals surface area contributed by atoms with Gasteiger partial charge >= 0.3 is 6.18 Å². The molecular weight excluding hydrogens is 219 g/mol. The minimum absolute atomic E-state index is 0.0296. The van der Waals surface area contributed by atoms with Crippen molar-refractivity contribution in [1.29, 1.82) is 0 Å². The van der Waals surface area contributed by atoms with Crippen molar-refractivity contribution in [2.24, 2.45) is 0 Å². The predicted molar refractivity (Wildman–Crippen MR) is 58.3 cm³/mol. The summed E-state index contributed by atoms with van der Waals surface area (Å²) in [6, 6.07) is 0.222. The molecule has 0 amide bonds. The van der Waals surface area contributed by atoms with E-state index in [2.05, 4.69) is 0 Å². The first-order chi connectivity index (χ1) is 6.94. The molecule has 0 aromatic carbocycles. The van der Waals surface area contributed by atoms with Gasteiger partial charge in [0.2, 0.25) is 0 Å². The van der Waals surface area contributed by atoms with Gasteiger partial charge in [0.05, 0.1) is 12.0 Å². The van der Waals surface area contributed by atoms with Crippen LogP contribution in [0.2, 0.25) is 0 Å². The molecule has 1 atom stereocenters. The Morgan fingerprint density at radius 1 is 1.06 bits per heavy atom. The molecule has 1 N–H and O–H groups in total. The first-order valence-electron chi connectivity index (χ1n) is 5.49. The summed E-state index contributed by atoms with van der Waals surface area (Å²) in [5, 5.41) is 9.76. The number of halogens is 3. The van der Waals surface area contributed by atoms with Crippen LogP contribution in [-0.4, -0.2) is 40.4 Å². The van der Waals surface area contributed by atoms with Crippen molar-refractivity contribution in [1.82, 2.24) is 4.90 Å². The molecular formula is C11H22F3NO. The fourth-order valence-electron chi connectivity index (χ4n) is 1.84. The molecule has 1 unspecified atom stereocenters. The first kappa shape index (κ1) is 15.7. The Hall–Kier alpha value is -0.290. The molecule has 0 aromatic heterocycles. The van der Waals surface area contributed by atoms with Gasteiger partial charge in [-0.25, -0.2) is 0 Å². The van der Waals surface area contributed by atoms with Crippen molar-refractivity contribution in [2.45, 2.75) is 64.9 Å². The molecule has 0 rings (SSSR count). The Labute approximate surface area is 95.4 Å². The van der Waals surface area contributed by atoms with E-state index < -0.39 is 18.2 Å². The molecule has 0 bridgehead atoms. The number of rotatable bonds is 5. The third-order valence-corrected chi connectivity index (χ3v) is 2.43. The molecule has 0 heterocycles. The Morgan fingerprint density at radius 2 is 1.44 bits per heavy atom. The van der Waals surface area contributed by atoms with Crippen molar-refractivity contribution in [3.8, 4) is 0 Å². The number of hydrogen-bond donors (Lipinski definition) is 1.